The zero-order chi connectivity index (χ0) is 20.6. The topological polar surface area (TPSA) is 29.5 Å². The Bertz CT molecular complexity index is 661. The van der Waals surface area contributed by atoms with Crippen molar-refractivity contribution in [2.24, 2.45) is 5.92 Å². The molecule has 1 saturated heterocycles. The van der Waals surface area contributed by atoms with E-state index >= 15 is 0 Å². The van der Waals surface area contributed by atoms with Crippen molar-refractivity contribution >= 4 is 23.9 Å². The Morgan fingerprint density at radius 1 is 1.29 bits per heavy atom. The fourth-order valence-electron chi connectivity index (χ4n) is 3.43. The normalized spacial score (nSPS) is 16.0. The van der Waals surface area contributed by atoms with E-state index in [0.717, 1.165) is 44.3 Å². The number of carbonyl (C=O) groups excluding carboxylic acids is 1. The zero-order valence-corrected chi connectivity index (χ0v) is 18.5. The summed E-state index contributed by atoms with van der Waals surface area (Å²) in [7, 11) is 0. The largest absolute Gasteiger partial charge is 0.444 e. The summed E-state index contributed by atoms with van der Waals surface area (Å²) in [4.78, 5) is 14.6. The van der Waals surface area contributed by atoms with Crippen LogP contribution in [0.3, 0.4) is 0 Å². The molecule has 0 unspecified atom stereocenters. The molecular formula is C23H34FNO2S. The van der Waals surface area contributed by atoms with Gasteiger partial charge in [0.05, 0.1) is 0 Å². The number of allylic oxidation sites excluding steroid dienone is 1. The number of carbonyl (C=O) groups is 1. The van der Waals surface area contributed by atoms with Crippen molar-refractivity contribution < 1.29 is 13.9 Å². The average molecular weight is 408 g/mol. The summed E-state index contributed by atoms with van der Waals surface area (Å²) in [5, 5.41) is 0. The van der Waals surface area contributed by atoms with Crippen LogP contribution >= 0.6 is 11.8 Å². The molecule has 0 N–H and O–H groups in total. The molecule has 1 aromatic rings. The van der Waals surface area contributed by atoms with Gasteiger partial charge >= 0.3 is 6.09 Å². The third-order valence-electron chi connectivity index (χ3n) is 4.99. The number of ether oxygens (including phenoxy) is 1. The highest BCUT2D eigenvalue weighted by atomic mass is 32.2. The van der Waals surface area contributed by atoms with E-state index in [9.17, 15) is 9.18 Å². The monoisotopic (exact) mass is 407 g/mol. The van der Waals surface area contributed by atoms with Gasteiger partial charge in [-0.1, -0.05) is 31.1 Å². The number of thioether (sulfide) groups is 1. The van der Waals surface area contributed by atoms with E-state index in [4.69, 9.17) is 4.74 Å². The molecule has 1 heterocycles. The number of piperidine rings is 1. The molecule has 5 heteroatoms. The number of nitrogens with zero attached hydrogens (tertiary/aromatic N) is 1. The van der Waals surface area contributed by atoms with Crippen molar-refractivity contribution in [2.75, 3.05) is 19.3 Å². The van der Waals surface area contributed by atoms with Crippen molar-refractivity contribution in [3.8, 4) is 0 Å². The standard InChI is InChI=1S/C23H34FNO2S/c1-23(2,3)27-22(26)25-15-13-18(14-16-25)9-7-5-6-8-10-19-11-12-21(28-4)20(24)17-19/h8,10-12,17-18H,5-7,9,13-16H2,1-4H3/b10-8+. The van der Waals surface area contributed by atoms with Gasteiger partial charge in [0.25, 0.3) is 0 Å². The molecule has 0 aliphatic carbocycles. The third-order valence-corrected chi connectivity index (χ3v) is 5.76. The molecule has 0 radical (unpaired) electrons. The van der Waals surface area contributed by atoms with Crippen molar-refractivity contribution in [2.45, 2.75) is 69.8 Å². The quantitative estimate of drug-likeness (QED) is 0.369. The highest BCUT2D eigenvalue weighted by molar-refractivity contribution is 7.98. The predicted octanol–water partition coefficient (Wildman–Crippen LogP) is 6.77. The third kappa shape index (κ3) is 7.86. The zero-order valence-electron chi connectivity index (χ0n) is 17.7. The van der Waals surface area contributed by atoms with Crippen molar-refractivity contribution in [1.29, 1.82) is 0 Å². The second-order valence-electron chi connectivity index (χ2n) is 8.49. The minimum absolute atomic E-state index is 0.146. The lowest BCUT2D eigenvalue weighted by Crippen LogP contribution is -2.41. The van der Waals surface area contributed by atoms with E-state index < -0.39 is 5.60 Å². The van der Waals surface area contributed by atoms with Gasteiger partial charge in [-0.05, 0) is 76.3 Å². The molecule has 1 amide bonds. The van der Waals surface area contributed by atoms with Crippen LogP contribution in [0.4, 0.5) is 9.18 Å². The Labute approximate surface area is 173 Å². The van der Waals surface area contributed by atoms with Crippen molar-refractivity contribution in [3.63, 3.8) is 0 Å². The number of benzene rings is 1. The molecule has 0 bridgehead atoms. The molecule has 1 fully saturated rings. The van der Waals surface area contributed by atoms with Gasteiger partial charge in [0, 0.05) is 18.0 Å². The van der Waals surface area contributed by atoms with Crippen molar-refractivity contribution in [1.82, 2.24) is 4.90 Å². The van der Waals surface area contributed by atoms with Gasteiger partial charge < -0.3 is 9.64 Å². The maximum absolute atomic E-state index is 13.8. The van der Waals surface area contributed by atoms with Gasteiger partial charge in [-0.25, -0.2) is 9.18 Å². The fourth-order valence-corrected chi connectivity index (χ4v) is 3.89. The fraction of sp³-hybridized carbons (Fsp3) is 0.609. The van der Waals surface area contributed by atoms with Gasteiger partial charge in [-0.3, -0.25) is 0 Å². The summed E-state index contributed by atoms with van der Waals surface area (Å²) in [6, 6.07) is 5.40. The molecule has 156 valence electrons. The summed E-state index contributed by atoms with van der Waals surface area (Å²) in [6.45, 7) is 7.32. The van der Waals surface area contributed by atoms with E-state index in [-0.39, 0.29) is 11.9 Å². The van der Waals surface area contributed by atoms with E-state index in [1.165, 1.54) is 24.6 Å². The summed E-state index contributed by atoms with van der Waals surface area (Å²) in [5.41, 5.74) is 0.495. The Morgan fingerprint density at radius 2 is 2.00 bits per heavy atom. The van der Waals surface area contributed by atoms with Gasteiger partial charge in [0.1, 0.15) is 11.4 Å². The lowest BCUT2D eigenvalue weighted by molar-refractivity contribution is 0.0180. The van der Waals surface area contributed by atoms with Crippen LogP contribution in [-0.2, 0) is 4.74 Å². The molecule has 1 aliphatic rings. The van der Waals surface area contributed by atoms with Crippen LogP contribution in [0.5, 0.6) is 0 Å². The molecule has 28 heavy (non-hydrogen) atoms. The van der Waals surface area contributed by atoms with Gasteiger partial charge in [-0.15, -0.1) is 11.8 Å². The number of halogens is 1. The lowest BCUT2D eigenvalue weighted by Gasteiger charge is -2.33. The Hall–Kier alpha value is -1.49. The predicted molar refractivity (Wildman–Crippen MR) is 116 cm³/mol. The van der Waals surface area contributed by atoms with Crippen LogP contribution in [0, 0.1) is 11.7 Å². The van der Waals surface area contributed by atoms with Crippen LogP contribution in [-0.4, -0.2) is 35.9 Å². The number of likely N-dealkylation sites (tertiary alicyclic amines) is 1. The van der Waals surface area contributed by atoms with Crippen molar-refractivity contribution in [3.05, 3.63) is 35.7 Å². The molecule has 0 saturated carbocycles. The molecule has 2 rings (SSSR count). The number of hydrogen-bond acceptors (Lipinski definition) is 3. The minimum atomic E-state index is -0.426. The summed E-state index contributed by atoms with van der Waals surface area (Å²) >= 11 is 1.43. The van der Waals surface area contributed by atoms with Gasteiger partial charge in [0.15, 0.2) is 0 Å². The van der Waals surface area contributed by atoms with Crippen LogP contribution in [0.2, 0.25) is 0 Å². The SMILES string of the molecule is CSc1ccc(/C=C/CCCCC2CCN(C(=O)OC(C)(C)C)CC2)cc1F. The maximum atomic E-state index is 13.8. The second kappa shape index (κ2) is 10.9. The van der Waals surface area contributed by atoms with E-state index in [1.54, 1.807) is 6.07 Å². The van der Waals surface area contributed by atoms with Crippen LogP contribution < -0.4 is 0 Å². The number of rotatable bonds is 7. The van der Waals surface area contributed by atoms with E-state index in [0.29, 0.717) is 10.8 Å². The number of hydrogen-bond donors (Lipinski definition) is 0. The van der Waals surface area contributed by atoms with Crippen LogP contribution in [0.25, 0.3) is 6.08 Å². The molecular weight excluding hydrogens is 373 g/mol. The Kier molecular flexibility index (Phi) is 8.87. The first kappa shape index (κ1) is 22.8. The van der Waals surface area contributed by atoms with E-state index in [2.05, 4.69) is 6.08 Å². The molecule has 1 aliphatic heterocycles. The van der Waals surface area contributed by atoms with Crippen LogP contribution in [0.1, 0.15) is 64.9 Å². The lowest BCUT2D eigenvalue weighted by atomic mass is 9.91. The Balaban J connectivity index is 1.61. The number of amides is 1. The first-order valence-electron chi connectivity index (χ1n) is 10.3. The first-order chi connectivity index (χ1) is 13.3. The molecule has 0 spiro atoms. The summed E-state index contributed by atoms with van der Waals surface area (Å²) in [5.74, 6) is 0.559. The van der Waals surface area contributed by atoms with Crippen LogP contribution in [0.15, 0.2) is 29.2 Å². The van der Waals surface area contributed by atoms with Gasteiger partial charge in [0.2, 0.25) is 0 Å². The van der Waals surface area contributed by atoms with Gasteiger partial charge in [-0.2, -0.15) is 0 Å². The minimum Gasteiger partial charge on any atom is -0.444 e. The first-order valence-corrected chi connectivity index (χ1v) is 11.5. The second-order valence-corrected chi connectivity index (χ2v) is 9.34. The highest BCUT2D eigenvalue weighted by Crippen LogP contribution is 2.24. The summed E-state index contributed by atoms with van der Waals surface area (Å²) in [6.07, 6.45) is 12.6. The average Bonchev–Trinajstić information content (AvgIpc) is 2.64. The summed E-state index contributed by atoms with van der Waals surface area (Å²) < 4.78 is 19.2. The molecule has 1 aromatic carbocycles. The Morgan fingerprint density at radius 3 is 2.61 bits per heavy atom. The molecule has 0 aromatic heterocycles. The maximum Gasteiger partial charge on any atom is 0.410 e. The highest BCUT2D eigenvalue weighted by Gasteiger charge is 2.26. The van der Waals surface area contributed by atoms with E-state index in [1.807, 2.05) is 50.1 Å². The molecule has 3 nitrogen and oxygen atoms in total. The molecule has 0 atom stereocenters. The number of unbranched alkanes of at least 4 members (excludes halogenated alkanes) is 2. The smallest absolute Gasteiger partial charge is 0.410 e.